The van der Waals surface area contributed by atoms with Crippen LogP contribution in [0.25, 0.3) is 123 Å². The van der Waals surface area contributed by atoms with E-state index in [9.17, 15) is 8.78 Å². The van der Waals surface area contributed by atoms with E-state index in [1.165, 1.54) is 48.5 Å². The number of nitrogens with zero attached hydrogens (tertiary/aromatic N) is 3. The smallest absolute Gasteiger partial charge is 0.135 e. The minimum absolute atomic E-state index is 0.127. The zero-order valence-corrected chi connectivity index (χ0v) is 43.1. The number of aromatic nitrogens is 3. The molecule has 0 spiro atoms. The Kier molecular flexibility index (Phi) is 13.6. The lowest BCUT2D eigenvalue weighted by atomic mass is 9.85. The topological polar surface area (TPSA) is 38.7 Å². The van der Waals surface area contributed by atoms with E-state index in [1.54, 1.807) is 36.7 Å². The van der Waals surface area contributed by atoms with Crippen LogP contribution in [0.15, 0.2) is 237 Å². The monoisotopic (exact) mass is 1050 g/mol. The van der Waals surface area contributed by atoms with Crippen LogP contribution in [-0.2, 0) is 0 Å². The minimum atomic E-state index is -0.756. The van der Waals surface area contributed by atoms with Gasteiger partial charge in [0, 0.05) is 64.1 Å². The molecule has 3 heterocycles. The molecule has 0 aliphatic heterocycles. The van der Waals surface area contributed by atoms with Crippen molar-refractivity contribution in [3.8, 4) is 123 Å². The number of rotatable bonds is 11. The quantitative estimate of drug-likeness (QED) is 0.121. The second kappa shape index (κ2) is 21.4. The molecule has 0 aliphatic carbocycles. The average molecular weight is 1050 g/mol. The van der Waals surface area contributed by atoms with E-state index in [4.69, 9.17) is 4.98 Å². The first-order valence-electron chi connectivity index (χ1n) is 25.8. The molecule has 80 heavy (non-hydrogen) atoms. The van der Waals surface area contributed by atoms with Crippen molar-refractivity contribution in [1.82, 2.24) is 15.0 Å². The molecule has 0 aliphatic rings. The fourth-order valence-electron chi connectivity index (χ4n) is 10.6. The zero-order chi connectivity index (χ0) is 55.0. The van der Waals surface area contributed by atoms with E-state index in [0.717, 1.165) is 62.3 Å². The summed E-state index contributed by atoms with van der Waals surface area (Å²) in [5, 5.41) is 0. The number of hydrogen-bond acceptors (Lipinski definition) is 3. The Morgan fingerprint density at radius 2 is 0.588 bits per heavy atom. The molecule has 0 saturated heterocycles. The highest BCUT2D eigenvalue weighted by atomic mass is 19.2. The highest BCUT2D eigenvalue weighted by Gasteiger charge is 2.22. The van der Waals surface area contributed by atoms with E-state index in [1.807, 2.05) is 111 Å². The van der Waals surface area contributed by atoms with Crippen LogP contribution in [0.5, 0.6) is 0 Å². The largest absolute Gasteiger partial charge is 0.256 e. The van der Waals surface area contributed by atoms with Crippen molar-refractivity contribution >= 4 is 0 Å². The standard InChI is InChI=1S/C71H45F6N3/c1-42-29-70(59-27-23-53(74)36-67(59)76)79-39-64(42)57-25-21-51(72)34-61(57)49-31-48(32-50(33-49)62-35-52(73)22-26-58(62)65-40-80-71(30-43(65)2)60-28-24-54(75)37-68(60)77)55-15-9-10-16-56(55)66-41-78-69(47-13-7-4-8-14-47)38-63(66)46-19-17-45(18-20-46)44-11-5-3-6-12-44/h3-41H,1-2H3. The Morgan fingerprint density at radius 3 is 1.07 bits per heavy atom. The van der Waals surface area contributed by atoms with Gasteiger partial charge in [-0.2, -0.15) is 0 Å². The molecule has 386 valence electrons. The molecule has 12 aromatic rings. The molecule has 9 aromatic carbocycles. The van der Waals surface area contributed by atoms with Gasteiger partial charge in [-0.1, -0.05) is 121 Å². The van der Waals surface area contributed by atoms with Crippen LogP contribution in [0.3, 0.4) is 0 Å². The average Bonchev–Trinajstić information content (AvgIpc) is 3.54. The Hall–Kier alpha value is -9.99. The maximum Gasteiger partial charge on any atom is 0.135 e. The first kappa shape index (κ1) is 50.8. The van der Waals surface area contributed by atoms with Crippen LogP contribution in [0.2, 0.25) is 0 Å². The second-order valence-electron chi connectivity index (χ2n) is 19.7. The third-order valence-corrected chi connectivity index (χ3v) is 14.5. The SMILES string of the molecule is Cc1cc(-c2ccc(F)cc2F)ncc1-c1ccc(F)cc1-c1cc(-c2cc(F)ccc2-c2cnc(-c3ccc(F)cc3F)cc2C)cc(-c2ccccc2-c2cnc(-c3ccccc3)cc2-c2ccc(-c3ccccc3)cc2)c1. The van der Waals surface area contributed by atoms with Gasteiger partial charge in [0.1, 0.15) is 34.9 Å². The number of hydrogen-bond donors (Lipinski definition) is 0. The van der Waals surface area contributed by atoms with Gasteiger partial charge in [-0.3, -0.25) is 15.0 Å². The maximum atomic E-state index is 16.0. The Morgan fingerprint density at radius 1 is 0.225 bits per heavy atom. The molecule has 0 amide bonds. The summed E-state index contributed by atoms with van der Waals surface area (Å²) in [5.74, 6) is -3.95. The van der Waals surface area contributed by atoms with Gasteiger partial charge in [0.2, 0.25) is 0 Å². The molecule has 0 fully saturated rings. The summed E-state index contributed by atoms with van der Waals surface area (Å²) < 4.78 is 90.2. The minimum Gasteiger partial charge on any atom is -0.256 e. The van der Waals surface area contributed by atoms with Crippen LogP contribution in [0.1, 0.15) is 11.1 Å². The molecule has 3 nitrogen and oxygen atoms in total. The van der Waals surface area contributed by atoms with Crippen LogP contribution in [0.4, 0.5) is 26.3 Å². The van der Waals surface area contributed by atoms with Crippen LogP contribution >= 0.6 is 0 Å². The highest BCUT2D eigenvalue weighted by Crippen LogP contribution is 2.46. The van der Waals surface area contributed by atoms with Crippen LogP contribution in [-0.4, -0.2) is 15.0 Å². The van der Waals surface area contributed by atoms with E-state index in [2.05, 4.69) is 52.4 Å². The van der Waals surface area contributed by atoms with Crippen molar-refractivity contribution < 1.29 is 26.3 Å². The third-order valence-electron chi connectivity index (χ3n) is 14.5. The van der Waals surface area contributed by atoms with Crippen LogP contribution < -0.4 is 0 Å². The molecule has 0 saturated carbocycles. The van der Waals surface area contributed by atoms with Gasteiger partial charge in [0.25, 0.3) is 0 Å². The lowest BCUT2D eigenvalue weighted by Crippen LogP contribution is -1.97. The molecule has 3 aromatic heterocycles. The van der Waals surface area contributed by atoms with Crippen molar-refractivity contribution in [3.63, 3.8) is 0 Å². The van der Waals surface area contributed by atoms with E-state index >= 15 is 17.6 Å². The van der Waals surface area contributed by atoms with Gasteiger partial charge in [0.05, 0.1) is 17.1 Å². The summed E-state index contributed by atoms with van der Waals surface area (Å²) in [7, 11) is 0. The van der Waals surface area contributed by atoms with Gasteiger partial charge in [-0.15, -0.1) is 0 Å². The number of aryl methyl sites for hydroxylation is 2. The highest BCUT2D eigenvalue weighted by molar-refractivity contribution is 5.97. The van der Waals surface area contributed by atoms with Crippen molar-refractivity contribution in [3.05, 3.63) is 283 Å². The summed E-state index contributed by atoms with van der Waals surface area (Å²) in [6.07, 6.45) is 5.11. The Bertz CT molecular complexity index is 4160. The van der Waals surface area contributed by atoms with Crippen molar-refractivity contribution in [2.75, 3.05) is 0 Å². The number of halogens is 6. The zero-order valence-electron chi connectivity index (χ0n) is 43.1. The molecular weight excluding hydrogens is 1010 g/mol. The first-order valence-corrected chi connectivity index (χ1v) is 25.8. The fraction of sp³-hybridized carbons (Fsp3) is 0.0282. The number of benzene rings is 9. The van der Waals surface area contributed by atoms with Gasteiger partial charge < -0.3 is 0 Å². The molecule has 0 bridgehead atoms. The molecule has 9 heteroatoms. The summed E-state index contributed by atoms with van der Waals surface area (Å²) in [6.45, 7) is 3.70. The van der Waals surface area contributed by atoms with Gasteiger partial charge in [0.15, 0.2) is 0 Å². The van der Waals surface area contributed by atoms with E-state index in [0.29, 0.717) is 72.6 Å². The maximum absolute atomic E-state index is 16.0. The predicted octanol–water partition coefficient (Wildman–Crippen LogP) is 19.7. The summed E-state index contributed by atoms with van der Waals surface area (Å²) in [5.41, 5.74) is 15.9. The Balaban J connectivity index is 1.07. The lowest BCUT2D eigenvalue weighted by molar-refractivity contribution is 0.584. The fourth-order valence-corrected chi connectivity index (χ4v) is 10.6. The van der Waals surface area contributed by atoms with Crippen molar-refractivity contribution in [2.45, 2.75) is 13.8 Å². The predicted molar refractivity (Wildman–Crippen MR) is 309 cm³/mol. The number of pyridine rings is 3. The normalized spacial score (nSPS) is 11.2. The van der Waals surface area contributed by atoms with Gasteiger partial charge >= 0.3 is 0 Å². The van der Waals surface area contributed by atoms with E-state index in [-0.39, 0.29) is 11.1 Å². The third kappa shape index (κ3) is 10.1. The molecule has 0 atom stereocenters. The molecule has 0 unspecified atom stereocenters. The van der Waals surface area contributed by atoms with Crippen molar-refractivity contribution in [2.24, 2.45) is 0 Å². The second-order valence-corrected chi connectivity index (χ2v) is 19.7. The van der Waals surface area contributed by atoms with Crippen molar-refractivity contribution in [1.29, 1.82) is 0 Å². The summed E-state index contributed by atoms with van der Waals surface area (Å²) in [6, 6.07) is 63.7. The summed E-state index contributed by atoms with van der Waals surface area (Å²) >= 11 is 0. The van der Waals surface area contributed by atoms with Gasteiger partial charge in [-0.05, 0) is 182 Å². The molecule has 12 rings (SSSR count). The molecular formula is C71H45F6N3. The summed E-state index contributed by atoms with van der Waals surface area (Å²) in [4.78, 5) is 14.3. The Labute approximate surface area is 458 Å². The lowest BCUT2D eigenvalue weighted by Gasteiger charge is -2.20. The molecule has 0 N–H and O–H groups in total. The van der Waals surface area contributed by atoms with E-state index < -0.39 is 34.9 Å². The van der Waals surface area contributed by atoms with Crippen LogP contribution in [0, 0.1) is 48.8 Å². The molecule has 0 radical (unpaired) electrons. The first-order chi connectivity index (χ1) is 38.9. The van der Waals surface area contributed by atoms with Gasteiger partial charge in [-0.25, -0.2) is 26.3 Å².